The smallest absolute Gasteiger partial charge is 0.330 e. The molecule has 0 atom stereocenters. The molecule has 142 valence electrons. The lowest BCUT2D eigenvalue weighted by molar-refractivity contribution is -0.152. The average molecular weight is 369 g/mol. The first kappa shape index (κ1) is 20.1. The largest absolute Gasteiger partial charge is 0.466 e. The predicted molar refractivity (Wildman–Crippen MR) is 103 cm³/mol. The van der Waals surface area contributed by atoms with E-state index < -0.39 is 11.6 Å². The molecule has 2 aromatic rings. The lowest BCUT2D eigenvalue weighted by atomic mass is 10.1. The molecule has 1 heterocycles. The number of esters is 2. The van der Waals surface area contributed by atoms with Crippen LogP contribution in [0.3, 0.4) is 0 Å². The third kappa shape index (κ3) is 6.89. The fourth-order valence-electron chi connectivity index (χ4n) is 2.14. The summed E-state index contributed by atoms with van der Waals surface area (Å²) >= 11 is 0. The van der Waals surface area contributed by atoms with Crippen LogP contribution < -0.4 is 5.32 Å². The van der Waals surface area contributed by atoms with Gasteiger partial charge in [-0.25, -0.2) is 14.8 Å². The van der Waals surface area contributed by atoms with Gasteiger partial charge in [-0.1, -0.05) is 12.1 Å². The first-order chi connectivity index (χ1) is 12.8. The minimum Gasteiger partial charge on any atom is -0.466 e. The van der Waals surface area contributed by atoms with Gasteiger partial charge in [0.25, 0.3) is 0 Å². The number of hydrogen-bond donors (Lipinski definition) is 1. The Bertz CT molecular complexity index is 824. The number of carbonyl (C=O) groups is 2. The highest BCUT2D eigenvalue weighted by Gasteiger charge is 2.15. The molecule has 1 aromatic heterocycles. The summed E-state index contributed by atoms with van der Waals surface area (Å²) in [4.78, 5) is 31.3. The Balaban J connectivity index is 2.03. The maximum absolute atomic E-state index is 11.8. The normalized spacial score (nSPS) is 11.3. The van der Waals surface area contributed by atoms with Gasteiger partial charge in [-0.15, -0.1) is 0 Å². The fourth-order valence-corrected chi connectivity index (χ4v) is 2.14. The number of aromatic nitrogens is 2. The van der Waals surface area contributed by atoms with Crippen molar-refractivity contribution in [3.8, 4) is 11.1 Å². The average Bonchev–Trinajstić information content (AvgIpc) is 2.63. The van der Waals surface area contributed by atoms with E-state index in [9.17, 15) is 9.59 Å². The third-order valence-corrected chi connectivity index (χ3v) is 3.29. The zero-order valence-corrected chi connectivity index (χ0v) is 15.9. The summed E-state index contributed by atoms with van der Waals surface area (Å²) in [5.74, 6) is -0.382. The Kier molecular flexibility index (Phi) is 6.65. The number of ether oxygens (including phenoxy) is 2. The van der Waals surface area contributed by atoms with Crippen LogP contribution in [-0.4, -0.2) is 41.2 Å². The summed E-state index contributed by atoms with van der Waals surface area (Å²) in [6.45, 7) is 5.56. The topological polar surface area (TPSA) is 90.4 Å². The number of rotatable bonds is 6. The molecule has 7 nitrogen and oxygen atoms in total. The first-order valence-corrected chi connectivity index (χ1v) is 8.41. The van der Waals surface area contributed by atoms with E-state index >= 15 is 0 Å². The maximum Gasteiger partial charge on any atom is 0.330 e. The number of nitrogens with zero attached hydrogens (tertiary/aromatic N) is 2. The van der Waals surface area contributed by atoms with E-state index in [-0.39, 0.29) is 12.5 Å². The molecule has 1 N–H and O–H groups in total. The zero-order valence-electron chi connectivity index (χ0n) is 15.9. The van der Waals surface area contributed by atoms with E-state index in [0.29, 0.717) is 5.82 Å². The molecule has 27 heavy (non-hydrogen) atoms. The highest BCUT2D eigenvalue weighted by Crippen LogP contribution is 2.21. The van der Waals surface area contributed by atoms with Crippen molar-refractivity contribution in [1.82, 2.24) is 9.97 Å². The maximum atomic E-state index is 11.8. The van der Waals surface area contributed by atoms with Gasteiger partial charge in [-0.2, -0.15) is 0 Å². The molecule has 0 saturated carbocycles. The summed E-state index contributed by atoms with van der Waals surface area (Å²) in [6, 6.07) is 7.55. The molecule has 7 heteroatoms. The molecule has 0 spiro atoms. The van der Waals surface area contributed by atoms with E-state index in [0.717, 1.165) is 16.8 Å². The second-order valence-electron chi connectivity index (χ2n) is 6.71. The SMILES string of the molecule is COC(=O)/C=C/c1ncc(-c2cccc(NCC(=O)OC(C)(C)C)c2)cn1. The fraction of sp³-hybridized carbons (Fsp3) is 0.300. The summed E-state index contributed by atoms with van der Waals surface area (Å²) in [6.07, 6.45) is 6.07. The Morgan fingerprint density at radius 2 is 1.85 bits per heavy atom. The number of methoxy groups -OCH3 is 1. The van der Waals surface area contributed by atoms with Crippen LogP contribution in [0.1, 0.15) is 26.6 Å². The van der Waals surface area contributed by atoms with Crippen molar-refractivity contribution < 1.29 is 19.1 Å². The van der Waals surface area contributed by atoms with Crippen LogP contribution in [0.25, 0.3) is 17.2 Å². The lowest BCUT2D eigenvalue weighted by Crippen LogP contribution is -2.28. The highest BCUT2D eigenvalue weighted by atomic mass is 16.6. The van der Waals surface area contributed by atoms with Crippen LogP contribution in [0.5, 0.6) is 0 Å². The van der Waals surface area contributed by atoms with E-state index in [1.807, 2.05) is 45.0 Å². The highest BCUT2D eigenvalue weighted by molar-refractivity contribution is 5.86. The number of anilines is 1. The molecule has 0 amide bonds. The van der Waals surface area contributed by atoms with Crippen molar-refractivity contribution >= 4 is 23.7 Å². The van der Waals surface area contributed by atoms with Crippen molar-refractivity contribution in [2.75, 3.05) is 19.0 Å². The summed E-state index contributed by atoms with van der Waals surface area (Å²) in [7, 11) is 1.31. The zero-order chi connectivity index (χ0) is 19.9. The van der Waals surface area contributed by atoms with Crippen LogP contribution >= 0.6 is 0 Å². The van der Waals surface area contributed by atoms with E-state index in [4.69, 9.17) is 4.74 Å². The molecule has 0 bridgehead atoms. The van der Waals surface area contributed by atoms with Crippen LogP contribution in [0, 0.1) is 0 Å². The van der Waals surface area contributed by atoms with Crippen LogP contribution in [-0.2, 0) is 19.1 Å². The van der Waals surface area contributed by atoms with Gasteiger partial charge in [0.2, 0.25) is 0 Å². The number of hydrogen-bond acceptors (Lipinski definition) is 7. The van der Waals surface area contributed by atoms with Gasteiger partial charge in [0.1, 0.15) is 12.1 Å². The van der Waals surface area contributed by atoms with Gasteiger partial charge < -0.3 is 14.8 Å². The van der Waals surface area contributed by atoms with Gasteiger partial charge in [0.05, 0.1) is 7.11 Å². The molecular weight excluding hydrogens is 346 g/mol. The lowest BCUT2D eigenvalue weighted by Gasteiger charge is -2.19. The molecule has 1 aromatic carbocycles. The van der Waals surface area contributed by atoms with Crippen molar-refractivity contribution in [2.45, 2.75) is 26.4 Å². The molecule has 0 unspecified atom stereocenters. The molecule has 0 aliphatic heterocycles. The number of benzene rings is 1. The Labute approximate surface area is 158 Å². The monoisotopic (exact) mass is 369 g/mol. The second kappa shape index (κ2) is 8.93. The van der Waals surface area contributed by atoms with E-state index in [1.165, 1.54) is 19.3 Å². The number of nitrogens with one attached hydrogen (secondary N) is 1. The van der Waals surface area contributed by atoms with E-state index in [2.05, 4.69) is 20.0 Å². The Morgan fingerprint density at radius 3 is 2.48 bits per heavy atom. The molecular formula is C20H23N3O4. The minimum atomic E-state index is -0.512. The van der Waals surface area contributed by atoms with E-state index in [1.54, 1.807) is 12.4 Å². The van der Waals surface area contributed by atoms with Gasteiger partial charge in [0, 0.05) is 29.7 Å². The molecule has 0 aliphatic carbocycles. The third-order valence-electron chi connectivity index (χ3n) is 3.29. The van der Waals surface area contributed by atoms with Gasteiger partial charge >= 0.3 is 11.9 Å². The minimum absolute atomic E-state index is 0.0779. The Hall–Kier alpha value is -3.22. The van der Waals surface area contributed by atoms with Crippen LogP contribution in [0.15, 0.2) is 42.7 Å². The van der Waals surface area contributed by atoms with Crippen molar-refractivity contribution in [3.05, 3.63) is 48.6 Å². The van der Waals surface area contributed by atoms with Crippen molar-refractivity contribution in [2.24, 2.45) is 0 Å². The molecule has 0 saturated heterocycles. The summed E-state index contributed by atoms with van der Waals surface area (Å²) < 4.78 is 9.80. The molecule has 2 rings (SSSR count). The summed E-state index contributed by atoms with van der Waals surface area (Å²) in [5, 5.41) is 3.05. The van der Waals surface area contributed by atoms with Gasteiger partial charge in [-0.05, 0) is 44.5 Å². The Morgan fingerprint density at radius 1 is 1.15 bits per heavy atom. The van der Waals surface area contributed by atoms with Crippen LogP contribution in [0.4, 0.5) is 5.69 Å². The van der Waals surface area contributed by atoms with Gasteiger partial charge in [-0.3, -0.25) is 4.79 Å². The quantitative estimate of drug-likeness (QED) is 0.618. The van der Waals surface area contributed by atoms with Crippen molar-refractivity contribution in [3.63, 3.8) is 0 Å². The molecule has 0 fully saturated rings. The number of carbonyl (C=O) groups excluding carboxylic acids is 2. The van der Waals surface area contributed by atoms with Crippen LogP contribution in [0.2, 0.25) is 0 Å². The predicted octanol–water partition coefficient (Wildman–Crippen LogP) is 3.08. The summed E-state index contributed by atoms with van der Waals surface area (Å²) in [5.41, 5.74) is 1.98. The standard InChI is InChI=1S/C20H23N3O4/c1-20(2,3)27-19(25)13-21-16-7-5-6-14(10-16)15-11-22-17(23-12-15)8-9-18(24)26-4/h5-12,21H,13H2,1-4H3/b9-8+. The van der Waals surface area contributed by atoms with Gasteiger partial charge in [0.15, 0.2) is 5.82 Å². The molecule has 0 radical (unpaired) electrons. The second-order valence-corrected chi connectivity index (χ2v) is 6.71. The first-order valence-electron chi connectivity index (χ1n) is 8.41. The van der Waals surface area contributed by atoms with Crippen molar-refractivity contribution in [1.29, 1.82) is 0 Å². The molecule has 0 aliphatic rings.